The predicted octanol–water partition coefficient (Wildman–Crippen LogP) is 9.61. The third-order valence-corrected chi connectivity index (χ3v) is 9.11. The van der Waals surface area contributed by atoms with Gasteiger partial charge in [0.1, 0.15) is 0 Å². The third kappa shape index (κ3) is 16.9. The molecule has 0 spiro atoms. The first-order valence-corrected chi connectivity index (χ1v) is 16.8. The van der Waals surface area contributed by atoms with E-state index in [0.29, 0.717) is 24.8 Å². The second-order valence-corrected chi connectivity index (χ2v) is 13.6. The molecule has 0 heterocycles. The van der Waals surface area contributed by atoms with E-state index in [9.17, 15) is 9.59 Å². The zero-order chi connectivity index (χ0) is 29.7. The van der Waals surface area contributed by atoms with Gasteiger partial charge < -0.3 is 10.2 Å². The first-order chi connectivity index (χ1) is 19.1. The van der Waals surface area contributed by atoms with Gasteiger partial charge >= 0.3 is 0 Å². The van der Waals surface area contributed by atoms with Crippen molar-refractivity contribution >= 4 is 11.6 Å². The Balaban J connectivity index is 0.000000400. The maximum absolute atomic E-state index is 11.5. The molecular weight excluding hydrogens is 496 g/mol. The van der Waals surface area contributed by atoms with Crippen LogP contribution in [0.4, 0.5) is 0 Å². The van der Waals surface area contributed by atoms with Crippen molar-refractivity contribution in [1.82, 2.24) is 0 Å². The molecule has 0 aromatic carbocycles. The number of carbonyl (C=O) groups is 2. The summed E-state index contributed by atoms with van der Waals surface area (Å²) >= 11 is 0. The lowest BCUT2D eigenvalue weighted by Crippen LogP contribution is -2.22. The molecular formula is C36H64O4. The number of unbranched alkanes of at least 4 members (excludes halogenated alkanes) is 14. The van der Waals surface area contributed by atoms with E-state index in [-0.39, 0.29) is 10.8 Å². The molecule has 0 aromatic rings. The number of allylic oxidation sites excluding steroid dienone is 4. The Labute approximate surface area is 247 Å². The molecule has 0 saturated heterocycles. The molecule has 0 radical (unpaired) electrons. The fourth-order valence-electron chi connectivity index (χ4n) is 5.91. The molecule has 0 amide bonds. The van der Waals surface area contributed by atoms with Crippen molar-refractivity contribution in [1.29, 1.82) is 0 Å². The van der Waals surface area contributed by atoms with Gasteiger partial charge in [-0.15, -0.1) is 0 Å². The number of rotatable bonds is 20. The van der Waals surface area contributed by atoms with Crippen LogP contribution in [0.25, 0.3) is 0 Å². The molecule has 2 aliphatic carbocycles. The minimum atomic E-state index is 0.234. The van der Waals surface area contributed by atoms with Crippen LogP contribution in [-0.4, -0.2) is 35.0 Å². The largest absolute Gasteiger partial charge is 0.396 e. The van der Waals surface area contributed by atoms with Gasteiger partial charge in [-0.2, -0.15) is 0 Å². The number of aliphatic hydroxyl groups is 2. The van der Waals surface area contributed by atoms with E-state index in [4.69, 9.17) is 10.2 Å². The molecule has 0 saturated carbocycles. The van der Waals surface area contributed by atoms with Crippen LogP contribution in [0.5, 0.6) is 0 Å². The Hall–Kier alpha value is -1.26. The van der Waals surface area contributed by atoms with E-state index in [1.165, 1.54) is 101 Å². The summed E-state index contributed by atoms with van der Waals surface area (Å²) in [6.45, 7) is 9.75. The predicted molar refractivity (Wildman–Crippen MR) is 169 cm³/mol. The van der Waals surface area contributed by atoms with E-state index < -0.39 is 0 Å². The van der Waals surface area contributed by atoms with Crippen LogP contribution >= 0.6 is 0 Å². The fourth-order valence-corrected chi connectivity index (χ4v) is 5.91. The summed E-state index contributed by atoms with van der Waals surface area (Å²) in [6, 6.07) is 0. The van der Waals surface area contributed by atoms with E-state index >= 15 is 0 Å². The highest BCUT2D eigenvalue weighted by atomic mass is 16.3. The molecule has 0 aromatic heterocycles. The monoisotopic (exact) mass is 560 g/mol. The zero-order valence-corrected chi connectivity index (χ0v) is 26.8. The molecule has 2 rings (SSSR count). The van der Waals surface area contributed by atoms with Crippen molar-refractivity contribution in [3.63, 3.8) is 0 Å². The Bertz CT molecular complexity index is 695. The van der Waals surface area contributed by atoms with Crippen molar-refractivity contribution < 1.29 is 19.8 Å². The number of hydrogen-bond donors (Lipinski definition) is 2. The Morgan fingerprint density at radius 2 is 0.775 bits per heavy atom. The van der Waals surface area contributed by atoms with Crippen molar-refractivity contribution in [3.05, 3.63) is 23.3 Å². The Morgan fingerprint density at radius 3 is 1.07 bits per heavy atom. The molecule has 0 atom stereocenters. The Kier molecular flexibility index (Phi) is 19.7. The zero-order valence-electron chi connectivity index (χ0n) is 26.8. The van der Waals surface area contributed by atoms with Gasteiger partial charge in [-0.1, -0.05) is 116 Å². The standard InChI is InChI=1S/2C18H32O2/c2*1-18(2)13-12-17(20)15-16(18)11-9-7-5-3-4-6-8-10-14-19/h2*15,19H,3-14H2,1-2H3. The molecule has 40 heavy (non-hydrogen) atoms. The molecule has 0 bridgehead atoms. The third-order valence-electron chi connectivity index (χ3n) is 9.11. The summed E-state index contributed by atoms with van der Waals surface area (Å²) in [5, 5.41) is 17.4. The quantitative estimate of drug-likeness (QED) is 0.145. The van der Waals surface area contributed by atoms with E-state index in [2.05, 4.69) is 27.7 Å². The van der Waals surface area contributed by atoms with E-state index in [0.717, 1.165) is 51.4 Å². The van der Waals surface area contributed by atoms with Gasteiger partial charge in [0, 0.05) is 26.1 Å². The van der Waals surface area contributed by atoms with Crippen molar-refractivity contribution in [2.24, 2.45) is 10.8 Å². The van der Waals surface area contributed by atoms with Gasteiger partial charge in [0.2, 0.25) is 0 Å². The van der Waals surface area contributed by atoms with Gasteiger partial charge in [0.25, 0.3) is 0 Å². The molecule has 2 aliphatic rings. The van der Waals surface area contributed by atoms with E-state index in [1.54, 1.807) is 0 Å². The molecule has 2 N–H and O–H groups in total. The second-order valence-electron chi connectivity index (χ2n) is 13.6. The van der Waals surface area contributed by atoms with Crippen molar-refractivity contribution in [2.45, 2.75) is 169 Å². The van der Waals surface area contributed by atoms with Gasteiger partial charge in [-0.25, -0.2) is 0 Å². The lowest BCUT2D eigenvalue weighted by Gasteiger charge is -2.31. The van der Waals surface area contributed by atoms with Crippen LogP contribution in [0.15, 0.2) is 23.3 Å². The summed E-state index contributed by atoms with van der Waals surface area (Å²) < 4.78 is 0. The number of hydrogen-bond acceptors (Lipinski definition) is 4. The van der Waals surface area contributed by atoms with Crippen LogP contribution < -0.4 is 0 Å². The van der Waals surface area contributed by atoms with E-state index in [1.807, 2.05) is 12.2 Å². The molecule has 0 aliphatic heterocycles. The fraction of sp³-hybridized carbons (Fsp3) is 0.833. The maximum Gasteiger partial charge on any atom is 0.155 e. The normalized spacial score (nSPS) is 18.1. The number of ketones is 2. The van der Waals surface area contributed by atoms with Crippen LogP contribution in [0, 0.1) is 10.8 Å². The summed E-state index contributed by atoms with van der Waals surface area (Å²) in [5.74, 6) is 0.645. The first-order valence-electron chi connectivity index (χ1n) is 16.8. The number of carbonyl (C=O) groups excluding carboxylic acids is 2. The molecule has 0 fully saturated rings. The number of aliphatic hydroxyl groups excluding tert-OH is 2. The molecule has 0 unspecified atom stereocenters. The molecule has 232 valence electrons. The van der Waals surface area contributed by atoms with Gasteiger partial charge in [0.15, 0.2) is 11.6 Å². The first kappa shape index (κ1) is 36.8. The summed E-state index contributed by atoms with van der Waals surface area (Å²) in [4.78, 5) is 23.1. The maximum atomic E-state index is 11.5. The van der Waals surface area contributed by atoms with Crippen LogP contribution in [0.3, 0.4) is 0 Å². The minimum absolute atomic E-state index is 0.234. The summed E-state index contributed by atoms with van der Waals surface area (Å²) in [7, 11) is 0. The van der Waals surface area contributed by atoms with Crippen molar-refractivity contribution in [3.8, 4) is 0 Å². The van der Waals surface area contributed by atoms with Gasteiger partial charge in [-0.05, 0) is 74.3 Å². The molecule has 4 nitrogen and oxygen atoms in total. The Morgan fingerprint density at radius 1 is 0.500 bits per heavy atom. The lowest BCUT2D eigenvalue weighted by atomic mass is 9.73. The summed E-state index contributed by atoms with van der Waals surface area (Å²) in [6.07, 6.45) is 29.1. The highest BCUT2D eigenvalue weighted by Gasteiger charge is 2.28. The minimum Gasteiger partial charge on any atom is -0.396 e. The SMILES string of the molecule is CC1(C)CCC(=O)C=C1CCCCCCCCCCO.CC1(C)CCC(=O)C=C1CCCCCCCCCCO. The average molecular weight is 561 g/mol. The van der Waals surface area contributed by atoms with Gasteiger partial charge in [0.05, 0.1) is 0 Å². The highest BCUT2D eigenvalue weighted by Crippen LogP contribution is 2.39. The highest BCUT2D eigenvalue weighted by molar-refractivity contribution is 5.92. The van der Waals surface area contributed by atoms with Crippen LogP contribution in [0.1, 0.15) is 169 Å². The second kappa shape index (κ2) is 21.4. The smallest absolute Gasteiger partial charge is 0.155 e. The lowest BCUT2D eigenvalue weighted by molar-refractivity contribution is -0.116. The average Bonchev–Trinajstić information content (AvgIpc) is 2.91. The van der Waals surface area contributed by atoms with Crippen LogP contribution in [0.2, 0.25) is 0 Å². The van der Waals surface area contributed by atoms with Crippen LogP contribution in [-0.2, 0) is 9.59 Å². The topological polar surface area (TPSA) is 74.6 Å². The molecule has 4 heteroatoms. The van der Waals surface area contributed by atoms with Crippen molar-refractivity contribution in [2.75, 3.05) is 13.2 Å². The van der Waals surface area contributed by atoms with Gasteiger partial charge in [-0.3, -0.25) is 9.59 Å². The summed E-state index contributed by atoms with van der Waals surface area (Å²) in [5.41, 5.74) is 3.21.